The Hall–Kier alpha value is -1.69. The summed E-state index contributed by atoms with van der Waals surface area (Å²) in [5.74, 6) is -1.49. The Morgan fingerprint density at radius 3 is 2.50 bits per heavy atom. The Labute approximate surface area is 109 Å². The summed E-state index contributed by atoms with van der Waals surface area (Å²) < 4.78 is 0. The minimum atomic E-state index is -1.07. The van der Waals surface area contributed by atoms with Crippen molar-refractivity contribution in [3.05, 3.63) is 23.0 Å². The highest BCUT2D eigenvalue weighted by molar-refractivity contribution is 6.29. The molecule has 0 spiro atoms. The molecule has 1 rings (SSSR count). The third kappa shape index (κ3) is 4.29. The molecule has 0 aliphatic carbocycles. The maximum atomic E-state index is 11.7. The molecule has 1 aromatic rings. The van der Waals surface area contributed by atoms with Crippen molar-refractivity contribution < 1.29 is 14.7 Å². The lowest BCUT2D eigenvalue weighted by Gasteiger charge is -2.15. The van der Waals surface area contributed by atoms with Crippen molar-refractivity contribution in [2.24, 2.45) is 5.92 Å². The topological polar surface area (TPSA) is 92.2 Å². The van der Waals surface area contributed by atoms with Crippen molar-refractivity contribution >= 4 is 23.5 Å². The second kappa shape index (κ2) is 6.30. The van der Waals surface area contributed by atoms with E-state index in [0.29, 0.717) is 6.42 Å². The highest BCUT2D eigenvalue weighted by atomic mass is 35.5. The summed E-state index contributed by atoms with van der Waals surface area (Å²) in [5, 5.41) is 18.7. The third-order valence-corrected chi connectivity index (χ3v) is 2.38. The van der Waals surface area contributed by atoms with E-state index in [1.54, 1.807) is 0 Å². The zero-order valence-electron chi connectivity index (χ0n) is 10.1. The minimum absolute atomic E-state index is 0.0365. The van der Waals surface area contributed by atoms with E-state index in [4.69, 9.17) is 16.7 Å². The summed E-state index contributed by atoms with van der Waals surface area (Å²) in [6.45, 7) is 3.76. The van der Waals surface area contributed by atoms with Gasteiger partial charge in [0.1, 0.15) is 6.04 Å². The Morgan fingerprint density at radius 2 is 2.06 bits per heavy atom. The fourth-order valence-electron chi connectivity index (χ4n) is 1.36. The van der Waals surface area contributed by atoms with Gasteiger partial charge < -0.3 is 10.4 Å². The number of aromatic nitrogens is 2. The predicted molar refractivity (Wildman–Crippen MR) is 65.4 cm³/mol. The largest absolute Gasteiger partial charge is 0.480 e. The first kappa shape index (κ1) is 14.4. The molecular formula is C11H14ClN3O3. The van der Waals surface area contributed by atoms with E-state index in [0.717, 1.165) is 0 Å². The van der Waals surface area contributed by atoms with Gasteiger partial charge >= 0.3 is 5.97 Å². The molecule has 7 heteroatoms. The first-order valence-electron chi connectivity index (χ1n) is 5.43. The average molecular weight is 272 g/mol. The first-order valence-corrected chi connectivity index (χ1v) is 5.81. The van der Waals surface area contributed by atoms with Gasteiger partial charge in [0, 0.05) is 0 Å². The minimum Gasteiger partial charge on any atom is -0.480 e. The molecule has 1 amide bonds. The van der Waals surface area contributed by atoms with Crippen LogP contribution < -0.4 is 5.32 Å². The van der Waals surface area contributed by atoms with Crippen molar-refractivity contribution in [1.82, 2.24) is 15.5 Å². The van der Waals surface area contributed by atoms with Gasteiger partial charge in [-0.15, -0.1) is 10.2 Å². The Bertz CT molecular complexity index is 434. The smallest absolute Gasteiger partial charge is 0.326 e. The molecule has 0 aromatic carbocycles. The standard InChI is InChI=1S/C11H14ClN3O3/c1-6(2)5-8(11(17)18)13-10(16)7-3-4-9(12)15-14-7/h3-4,6,8H,5H2,1-2H3,(H,13,16)(H,17,18). The zero-order valence-corrected chi connectivity index (χ0v) is 10.8. The van der Waals surface area contributed by atoms with Crippen molar-refractivity contribution in [2.75, 3.05) is 0 Å². The molecule has 98 valence electrons. The van der Waals surface area contributed by atoms with Crippen LogP contribution in [0.5, 0.6) is 0 Å². The number of carboxylic acids is 1. The van der Waals surface area contributed by atoms with Crippen LogP contribution in [0.1, 0.15) is 30.8 Å². The number of carbonyl (C=O) groups excluding carboxylic acids is 1. The number of rotatable bonds is 5. The predicted octanol–water partition coefficient (Wildman–Crippen LogP) is 1.36. The summed E-state index contributed by atoms with van der Waals surface area (Å²) in [6, 6.07) is 1.87. The Balaban J connectivity index is 2.72. The second-order valence-corrected chi connectivity index (χ2v) is 4.62. The SMILES string of the molecule is CC(C)CC(NC(=O)c1ccc(Cl)nn1)C(=O)O. The number of carboxylic acid groups (broad SMARTS) is 1. The van der Waals surface area contributed by atoms with Gasteiger partial charge in [-0.05, 0) is 24.5 Å². The molecule has 1 heterocycles. The van der Waals surface area contributed by atoms with Crippen LogP contribution in [0.15, 0.2) is 12.1 Å². The molecule has 0 fully saturated rings. The van der Waals surface area contributed by atoms with Crippen LogP contribution in [0.3, 0.4) is 0 Å². The van der Waals surface area contributed by atoms with E-state index in [1.807, 2.05) is 13.8 Å². The summed E-state index contributed by atoms with van der Waals surface area (Å²) in [7, 11) is 0. The van der Waals surface area contributed by atoms with Crippen LogP contribution in [0.4, 0.5) is 0 Å². The van der Waals surface area contributed by atoms with Crippen LogP contribution in [0, 0.1) is 5.92 Å². The number of hydrogen-bond donors (Lipinski definition) is 2. The quantitative estimate of drug-likeness (QED) is 0.843. The molecule has 0 saturated carbocycles. The molecule has 0 radical (unpaired) electrons. The van der Waals surface area contributed by atoms with Crippen LogP contribution >= 0.6 is 11.6 Å². The molecule has 1 unspecified atom stereocenters. The van der Waals surface area contributed by atoms with Crippen molar-refractivity contribution in [1.29, 1.82) is 0 Å². The fourth-order valence-corrected chi connectivity index (χ4v) is 1.46. The van der Waals surface area contributed by atoms with Crippen LogP contribution in [0.25, 0.3) is 0 Å². The molecule has 0 bridgehead atoms. The highest BCUT2D eigenvalue weighted by Gasteiger charge is 2.22. The van der Waals surface area contributed by atoms with Crippen LogP contribution in [0.2, 0.25) is 5.15 Å². The second-order valence-electron chi connectivity index (χ2n) is 4.24. The van der Waals surface area contributed by atoms with Crippen molar-refractivity contribution in [3.63, 3.8) is 0 Å². The average Bonchev–Trinajstić information content (AvgIpc) is 2.28. The Morgan fingerprint density at radius 1 is 1.39 bits per heavy atom. The lowest BCUT2D eigenvalue weighted by Crippen LogP contribution is -2.42. The lowest BCUT2D eigenvalue weighted by molar-refractivity contribution is -0.139. The van der Waals surface area contributed by atoms with Crippen molar-refractivity contribution in [2.45, 2.75) is 26.3 Å². The Kier molecular flexibility index (Phi) is 5.03. The van der Waals surface area contributed by atoms with Gasteiger partial charge in [-0.2, -0.15) is 0 Å². The summed E-state index contributed by atoms with van der Waals surface area (Å²) in [6.07, 6.45) is 0.349. The van der Waals surface area contributed by atoms with E-state index in [9.17, 15) is 9.59 Å². The van der Waals surface area contributed by atoms with Gasteiger partial charge in [-0.25, -0.2) is 4.79 Å². The molecule has 18 heavy (non-hydrogen) atoms. The number of carbonyl (C=O) groups is 2. The number of halogens is 1. The number of hydrogen-bond acceptors (Lipinski definition) is 4. The van der Waals surface area contributed by atoms with Gasteiger partial charge in [0.15, 0.2) is 10.8 Å². The molecule has 0 saturated heterocycles. The summed E-state index contributed by atoms with van der Waals surface area (Å²) in [5.41, 5.74) is 0.0365. The number of aliphatic carboxylic acids is 1. The van der Waals surface area contributed by atoms with E-state index in [-0.39, 0.29) is 16.8 Å². The summed E-state index contributed by atoms with van der Waals surface area (Å²) in [4.78, 5) is 22.7. The van der Waals surface area contributed by atoms with E-state index < -0.39 is 17.9 Å². The highest BCUT2D eigenvalue weighted by Crippen LogP contribution is 2.07. The number of amides is 1. The monoisotopic (exact) mass is 271 g/mol. The molecule has 2 N–H and O–H groups in total. The molecule has 1 aromatic heterocycles. The fraction of sp³-hybridized carbons (Fsp3) is 0.455. The van der Waals surface area contributed by atoms with Gasteiger partial charge in [-0.1, -0.05) is 25.4 Å². The lowest BCUT2D eigenvalue weighted by atomic mass is 10.0. The van der Waals surface area contributed by atoms with E-state index in [1.165, 1.54) is 12.1 Å². The van der Waals surface area contributed by atoms with Crippen molar-refractivity contribution in [3.8, 4) is 0 Å². The normalized spacial score (nSPS) is 12.2. The van der Waals surface area contributed by atoms with E-state index >= 15 is 0 Å². The number of nitrogens with zero attached hydrogens (tertiary/aromatic N) is 2. The van der Waals surface area contributed by atoms with Crippen LogP contribution in [-0.2, 0) is 4.79 Å². The maximum Gasteiger partial charge on any atom is 0.326 e. The molecule has 0 aliphatic rings. The molecule has 1 atom stereocenters. The van der Waals surface area contributed by atoms with Gasteiger partial charge in [0.2, 0.25) is 0 Å². The van der Waals surface area contributed by atoms with E-state index in [2.05, 4.69) is 15.5 Å². The molecular weight excluding hydrogens is 258 g/mol. The maximum absolute atomic E-state index is 11.7. The van der Waals surface area contributed by atoms with Gasteiger partial charge in [0.05, 0.1) is 0 Å². The number of nitrogens with one attached hydrogen (secondary N) is 1. The molecule has 0 aliphatic heterocycles. The third-order valence-electron chi connectivity index (χ3n) is 2.18. The first-order chi connectivity index (χ1) is 8.40. The summed E-state index contributed by atoms with van der Waals surface area (Å²) >= 11 is 5.54. The van der Waals surface area contributed by atoms with Gasteiger partial charge in [0.25, 0.3) is 5.91 Å². The molecule has 6 nitrogen and oxygen atoms in total. The zero-order chi connectivity index (χ0) is 13.7. The van der Waals surface area contributed by atoms with Crippen LogP contribution in [-0.4, -0.2) is 33.2 Å². The van der Waals surface area contributed by atoms with Gasteiger partial charge in [-0.3, -0.25) is 4.79 Å².